The zero-order valence-electron chi connectivity index (χ0n) is 21.9. The highest BCUT2D eigenvalue weighted by molar-refractivity contribution is 7.90. The van der Waals surface area contributed by atoms with E-state index in [2.05, 4.69) is 15.5 Å². The number of piperidine rings is 1. The Hall–Kier alpha value is -2.47. The van der Waals surface area contributed by atoms with Gasteiger partial charge in [-0.05, 0) is 51.7 Å². The van der Waals surface area contributed by atoms with Crippen molar-refractivity contribution in [1.29, 1.82) is 0 Å². The molecule has 11 heteroatoms. The monoisotopic (exact) mass is 534 g/mol. The zero-order chi connectivity index (χ0) is 26.9. The van der Waals surface area contributed by atoms with Gasteiger partial charge in [0.1, 0.15) is 11.3 Å². The number of sulfone groups is 1. The highest BCUT2D eigenvalue weighted by atomic mass is 32.2. The van der Waals surface area contributed by atoms with Gasteiger partial charge >= 0.3 is 0 Å². The smallest absolute Gasteiger partial charge is 0.267 e. The molecule has 0 aliphatic carbocycles. The molecule has 10 nitrogen and oxygen atoms in total. The van der Waals surface area contributed by atoms with Crippen LogP contribution in [-0.2, 0) is 14.6 Å². The Morgan fingerprint density at radius 2 is 1.84 bits per heavy atom. The van der Waals surface area contributed by atoms with E-state index in [1.165, 1.54) is 6.26 Å². The van der Waals surface area contributed by atoms with Crippen LogP contribution < -0.4 is 16.2 Å². The number of ether oxygens (including phenoxy) is 1. The van der Waals surface area contributed by atoms with Crippen molar-refractivity contribution in [3.05, 3.63) is 40.2 Å². The third-order valence-corrected chi connectivity index (χ3v) is 8.26. The molecule has 3 heterocycles. The molecular weight excluding hydrogens is 496 g/mol. The molecule has 2 saturated heterocycles. The number of nitrogens with zero attached hydrogens (tertiary/aromatic N) is 2. The van der Waals surface area contributed by atoms with Gasteiger partial charge in [-0.2, -0.15) is 0 Å². The first kappa shape index (κ1) is 27.6. The Morgan fingerprint density at radius 1 is 1.19 bits per heavy atom. The summed E-state index contributed by atoms with van der Waals surface area (Å²) in [5, 5.41) is 17.4. The van der Waals surface area contributed by atoms with Crippen molar-refractivity contribution < 1.29 is 23.1 Å². The summed E-state index contributed by atoms with van der Waals surface area (Å²) in [6, 6.07) is 7.30. The van der Waals surface area contributed by atoms with E-state index in [4.69, 9.17) is 4.74 Å². The summed E-state index contributed by atoms with van der Waals surface area (Å²) in [6.07, 6.45) is 4.53. The summed E-state index contributed by atoms with van der Waals surface area (Å²) in [6.45, 7) is 4.87. The number of hydrogen-bond acceptors (Lipinski definition) is 8. The number of hydrogen-bond donors (Lipinski definition) is 3. The molecule has 4 rings (SSSR count). The van der Waals surface area contributed by atoms with E-state index in [0.29, 0.717) is 24.0 Å². The molecule has 2 aliphatic heterocycles. The van der Waals surface area contributed by atoms with Gasteiger partial charge in [-0.15, -0.1) is 0 Å². The number of aromatic nitrogens is 1. The van der Waals surface area contributed by atoms with Crippen LogP contribution in [0.15, 0.2) is 29.1 Å². The molecule has 2 unspecified atom stereocenters. The fourth-order valence-corrected chi connectivity index (χ4v) is 6.37. The average Bonchev–Trinajstić information content (AvgIpc) is 3.04. The molecule has 2 aliphatic rings. The first-order valence-corrected chi connectivity index (χ1v) is 14.9. The van der Waals surface area contributed by atoms with Gasteiger partial charge in [0.2, 0.25) is 0 Å². The molecule has 4 atom stereocenters. The predicted molar refractivity (Wildman–Crippen MR) is 143 cm³/mol. The van der Waals surface area contributed by atoms with E-state index in [-0.39, 0.29) is 47.5 Å². The van der Waals surface area contributed by atoms with Crippen molar-refractivity contribution in [2.45, 2.75) is 69.8 Å². The van der Waals surface area contributed by atoms with E-state index in [0.717, 1.165) is 25.7 Å². The lowest BCUT2D eigenvalue weighted by molar-refractivity contribution is 0.0268. The van der Waals surface area contributed by atoms with Crippen LogP contribution in [0.1, 0.15) is 55.9 Å². The molecule has 1 amide bonds. The number of rotatable bonds is 10. The van der Waals surface area contributed by atoms with Gasteiger partial charge in [-0.3, -0.25) is 14.5 Å². The van der Waals surface area contributed by atoms with Gasteiger partial charge in [0.05, 0.1) is 17.5 Å². The largest absolute Gasteiger partial charge is 0.506 e. The topological polar surface area (TPSA) is 130 Å². The van der Waals surface area contributed by atoms with E-state index in [1.54, 1.807) is 35.9 Å². The number of pyridine rings is 1. The molecule has 0 saturated carbocycles. The number of fused-ring (bicyclic) bond motifs is 3. The summed E-state index contributed by atoms with van der Waals surface area (Å²) in [7, 11) is -1.47. The molecular formula is C26H38N4O6S. The number of carbonyl (C=O) groups excluding carboxylic acids is 1. The Bertz CT molecular complexity index is 1290. The molecule has 2 fully saturated rings. The van der Waals surface area contributed by atoms with Crippen LogP contribution in [-0.4, -0.2) is 85.5 Å². The van der Waals surface area contributed by atoms with Crippen LogP contribution in [0.3, 0.4) is 0 Å². The lowest BCUT2D eigenvalue weighted by Crippen LogP contribution is -2.53. The molecule has 204 valence electrons. The van der Waals surface area contributed by atoms with E-state index < -0.39 is 21.3 Å². The standard InChI is InChI=1S/C26H38N4O6S/c1-16(2)30-22-8-6-5-7-21(22)24(31)23(26(30)33)25(32)28-17-11-18-9-10-19(12-17)29(18)14-20(36-3)13-27-15-37(4,34)35/h5-8,16-20,27,31H,9-15H2,1-4H3,(H,28,32)/t17?,18-,19+,20?. The second-order valence-corrected chi connectivity index (χ2v) is 12.8. The van der Waals surface area contributed by atoms with Crippen molar-refractivity contribution in [1.82, 2.24) is 20.1 Å². The number of para-hydroxylation sites is 1. The van der Waals surface area contributed by atoms with Crippen molar-refractivity contribution >= 4 is 26.6 Å². The number of aromatic hydroxyl groups is 1. The molecule has 3 N–H and O–H groups in total. The first-order valence-electron chi connectivity index (χ1n) is 12.8. The second kappa shape index (κ2) is 11.1. The van der Waals surface area contributed by atoms with Crippen LogP contribution in [0.5, 0.6) is 5.75 Å². The number of nitrogens with one attached hydrogen (secondary N) is 2. The Morgan fingerprint density at radius 3 is 2.43 bits per heavy atom. The molecule has 37 heavy (non-hydrogen) atoms. The maximum absolute atomic E-state index is 13.3. The van der Waals surface area contributed by atoms with Crippen molar-refractivity contribution in [2.75, 3.05) is 32.3 Å². The number of benzene rings is 1. The highest BCUT2D eigenvalue weighted by Crippen LogP contribution is 2.36. The summed E-state index contributed by atoms with van der Waals surface area (Å²) < 4.78 is 30.0. The maximum Gasteiger partial charge on any atom is 0.267 e. The minimum atomic E-state index is -3.10. The molecule has 2 aromatic rings. The van der Waals surface area contributed by atoms with E-state index in [9.17, 15) is 23.1 Å². The SMILES string of the molecule is COC(CNCS(C)(=O)=O)CN1[C@@H]2CC[C@H]1CC(NC(=O)c1c(O)c3ccccc3n(C(C)C)c1=O)C2. The Kier molecular flexibility index (Phi) is 8.27. The quantitative estimate of drug-likeness (QED) is 0.419. The summed E-state index contributed by atoms with van der Waals surface area (Å²) in [4.78, 5) is 29.0. The lowest BCUT2D eigenvalue weighted by Gasteiger charge is -2.40. The predicted octanol–water partition coefficient (Wildman–Crippen LogP) is 1.62. The molecule has 1 aromatic heterocycles. The van der Waals surface area contributed by atoms with Crippen LogP contribution in [0.2, 0.25) is 0 Å². The molecule has 2 bridgehead atoms. The van der Waals surface area contributed by atoms with Gasteiger partial charge in [0, 0.05) is 56.0 Å². The molecule has 0 radical (unpaired) electrons. The number of amides is 1. The van der Waals surface area contributed by atoms with Crippen LogP contribution in [0.4, 0.5) is 0 Å². The summed E-state index contributed by atoms with van der Waals surface area (Å²) >= 11 is 0. The molecule has 0 spiro atoms. The minimum Gasteiger partial charge on any atom is -0.506 e. The number of carbonyl (C=O) groups is 1. The van der Waals surface area contributed by atoms with Crippen LogP contribution in [0.25, 0.3) is 10.9 Å². The fourth-order valence-electron chi connectivity index (χ4n) is 5.88. The van der Waals surface area contributed by atoms with Crippen molar-refractivity contribution in [3.63, 3.8) is 0 Å². The van der Waals surface area contributed by atoms with Gasteiger partial charge in [-0.25, -0.2) is 8.42 Å². The average molecular weight is 535 g/mol. The van der Waals surface area contributed by atoms with Gasteiger partial charge in [0.25, 0.3) is 11.5 Å². The van der Waals surface area contributed by atoms with E-state index >= 15 is 0 Å². The summed E-state index contributed by atoms with van der Waals surface area (Å²) in [5.41, 5.74) is -0.103. The minimum absolute atomic E-state index is 0.0893. The lowest BCUT2D eigenvalue weighted by atomic mass is 9.96. The Labute approximate surface area is 217 Å². The van der Waals surface area contributed by atoms with E-state index in [1.807, 2.05) is 13.8 Å². The van der Waals surface area contributed by atoms with Gasteiger partial charge in [-0.1, -0.05) is 12.1 Å². The number of methoxy groups -OCH3 is 1. The van der Waals surface area contributed by atoms with Gasteiger partial charge in [0.15, 0.2) is 9.84 Å². The third-order valence-electron chi connectivity index (χ3n) is 7.54. The fraction of sp³-hybridized carbons (Fsp3) is 0.615. The third kappa shape index (κ3) is 6.00. The van der Waals surface area contributed by atoms with Crippen molar-refractivity contribution in [2.24, 2.45) is 0 Å². The van der Waals surface area contributed by atoms with Gasteiger partial charge < -0.3 is 25.0 Å². The Balaban J connectivity index is 1.46. The van der Waals surface area contributed by atoms with Crippen molar-refractivity contribution in [3.8, 4) is 5.75 Å². The highest BCUT2D eigenvalue weighted by Gasteiger charge is 2.42. The second-order valence-electron chi connectivity index (χ2n) is 10.6. The maximum atomic E-state index is 13.3. The van der Waals surface area contributed by atoms with Crippen LogP contribution >= 0.6 is 0 Å². The first-order chi connectivity index (χ1) is 17.5. The summed E-state index contributed by atoms with van der Waals surface area (Å²) in [5.74, 6) is -0.909. The zero-order valence-corrected chi connectivity index (χ0v) is 22.8. The molecule has 1 aromatic carbocycles. The van der Waals surface area contributed by atoms with Crippen LogP contribution in [0, 0.1) is 0 Å². The normalized spacial score (nSPS) is 23.0.